The molecular formula is C14H29NO. The molecule has 0 radical (unpaired) electrons. The molecule has 1 aliphatic rings. The van der Waals surface area contributed by atoms with Crippen molar-refractivity contribution in [2.45, 2.75) is 65.3 Å². The van der Waals surface area contributed by atoms with Crippen LogP contribution < -0.4 is 5.32 Å². The molecule has 1 saturated heterocycles. The summed E-state index contributed by atoms with van der Waals surface area (Å²) in [6.07, 6.45) is 7.68. The van der Waals surface area contributed by atoms with Gasteiger partial charge in [0.25, 0.3) is 0 Å². The van der Waals surface area contributed by atoms with E-state index >= 15 is 0 Å². The second-order valence-electron chi connectivity index (χ2n) is 5.55. The van der Waals surface area contributed by atoms with Gasteiger partial charge in [0.2, 0.25) is 0 Å². The average Bonchev–Trinajstić information content (AvgIpc) is 2.30. The molecule has 1 unspecified atom stereocenters. The lowest BCUT2D eigenvalue weighted by Crippen LogP contribution is -2.41. The van der Waals surface area contributed by atoms with Crippen LogP contribution in [0.4, 0.5) is 0 Å². The van der Waals surface area contributed by atoms with Crippen LogP contribution in [0.2, 0.25) is 0 Å². The van der Waals surface area contributed by atoms with E-state index in [1.165, 1.54) is 45.1 Å². The monoisotopic (exact) mass is 227 g/mol. The second-order valence-corrected chi connectivity index (χ2v) is 5.55. The van der Waals surface area contributed by atoms with Crippen molar-refractivity contribution in [3.8, 4) is 0 Å². The molecule has 1 atom stereocenters. The highest BCUT2D eigenvalue weighted by Gasteiger charge is 2.27. The van der Waals surface area contributed by atoms with Crippen molar-refractivity contribution >= 4 is 0 Å². The summed E-state index contributed by atoms with van der Waals surface area (Å²) in [5, 5.41) is 3.76. The number of ether oxygens (including phenoxy) is 1. The molecular weight excluding hydrogens is 198 g/mol. The molecule has 1 N–H and O–H groups in total. The maximum Gasteiger partial charge on any atom is 0.0471 e. The first kappa shape index (κ1) is 14.0. The third kappa shape index (κ3) is 4.84. The van der Waals surface area contributed by atoms with Gasteiger partial charge in [-0.15, -0.1) is 0 Å². The molecule has 0 aromatic carbocycles. The van der Waals surface area contributed by atoms with Gasteiger partial charge in [-0.3, -0.25) is 0 Å². The largest absolute Gasteiger partial charge is 0.381 e. The molecule has 0 spiro atoms. The van der Waals surface area contributed by atoms with Gasteiger partial charge in [0.15, 0.2) is 0 Å². The van der Waals surface area contributed by atoms with Crippen LogP contribution in [0.3, 0.4) is 0 Å². The van der Waals surface area contributed by atoms with Crippen LogP contribution in [-0.4, -0.2) is 25.8 Å². The Hall–Kier alpha value is -0.0800. The molecule has 16 heavy (non-hydrogen) atoms. The van der Waals surface area contributed by atoms with Crippen molar-refractivity contribution in [3.63, 3.8) is 0 Å². The first-order valence-electron chi connectivity index (χ1n) is 7.01. The lowest BCUT2D eigenvalue weighted by atomic mass is 9.82. The maximum atomic E-state index is 5.44. The molecule has 0 saturated carbocycles. The van der Waals surface area contributed by atoms with Gasteiger partial charge >= 0.3 is 0 Å². The summed E-state index contributed by atoms with van der Waals surface area (Å²) in [6, 6.07) is 0.722. The molecule has 0 amide bonds. The fourth-order valence-corrected chi connectivity index (χ4v) is 2.33. The minimum absolute atomic E-state index is 0.470. The summed E-state index contributed by atoms with van der Waals surface area (Å²) in [6.45, 7) is 10.0. The average molecular weight is 227 g/mol. The highest BCUT2D eigenvalue weighted by atomic mass is 16.5. The van der Waals surface area contributed by atoms with Crippen molar-refractivity contribution in [1.82, 2.24) is 5.32 Å². The van der Waals surface area contributed by atoms with E-state index in [-0.39, 0.29) is 0 Å². The van der Waals surface area contributed by atoms with Crippen LogP contribution in [0.1, 0.15) is 59.3 Å². The Morgan fingerprint density at radius 2 is 1.94 bits per heavy atom. The maximum absolute atomic E-state index is 5.44. The molecule has 1 fully saturated rings. The SMILES string of the molecule is CCCCC(CC)NCC1(C)CCOCC1. The van der Waals surface area contributed by atoms with Gasteiger partial charge in [-0.1, -0.05) is 33.6 Å². The third-order valence-electron chi connectivity index (χ3n) is 3.92. The summed E-state index contributed by atoms with van der Waals surface area (Å²) in [5.74, 6) is 0. The number of hydrogen-bond donors (Lipinski definition) is 1. The van der Waals surface area contributed by atoms with Gasteiger partial charge in [-0.05, 0) is 31.1 Å². The molecule has 96 valence electrons. The van der Waals surface area contributed by atoms with Crippen LogP contribution in [0.5, 0.6) is 0 Å². The number of nitrogens with one attached hydrogen (secondary N) is 1. The second kappa shape index (κ2) is 7.29. The molecule has 1 rings (SSSR count). The van der Waals surface area contributed by atoms with Crippen molar-refractivity contribution in [3.05, 3.63) is 0 Å². The van der Waals surface area contributed by atoms with E-state index in [4.69, 9.17) is 4.74 Å². The minimum Gasteiger partial charge on any atom is -0.381 e. The smallest absolute Gasteiger partial charge is 0.0471 e. The summed E-state index contributed by atoms with van der Waals surface area (Å²) >= 11 is 0. The van der Waals surface area contributed by atoms with Gasteiger partial charge in [-0.2, -0.15) is 0 Å². The summed E-state index contributed by atoms with van der Waals surface area (Å²) < 4.78 is 5.44. The Balaban J connectivity index is 2.24. The normalized spacial score (nSPS) is 21.9. The minimum atomic E-state index is 0.470. The third-order valence-corrected chi connectivity index (χ3v) is 3.92. The van der Waals surface area contributed by atoms with E-state index in [2.05, 4.69) is 26.1 Å². The van der Waals surface area contributed by atoms with E-state index < -0.39 is 0 Å². The van der Waals surface area contributed by atoms with E-state index in [9.17, 15) is 0 Å². The van der Waals surface area contributed by atoms with Crippen molar-refractivity contribution in [2.24, 2.45) is 5.41 Å². The standard InChI is InChI=1S/C14H29NO/c1-4-6-7-13(5-2)15-12-14(3)8-10-16-11-9-14/h13,15H,4-12H2,1-3H3. The lowest BCUT2D eigenvalue weighted by molar-refractivity contribution is 0.0226. The number of rotatable bonds is 7. The van der Waals surface area contributed by atoms with E-state index in [1.807, 2.05) is 0 Å². The Labute approximate surface area is 101 Å². The molecule has 2 nitrogen and oxygen atoms in total. The van der Waals surface area contributed by atoms with Crippen LogP contribution in [-0.2, 0) is 4.74 Å². The van der Waals surface area contributed by atoms with Crippen LogP contribution in [0.25, 0.3) is 0 Å². The fraction of sp³-hybridized carbons (Fsp3) is 1.00. The molecule has 2 heteroatoms. The Morgan fingerprint density at radius 3 is 2.50 bits per heavy atom. The van der Waals surface area contributed by atoms with Gasteiger partial charge in [-0.25, -0.2) is 0 Å². The van der Waals surface area contributed by atoms with Gasteiger partial charge < -0.3 is 10.1 Å². The number of unbranched alkanes of at least 4 members (excludes halogenated alkanes) is 1. The Bertz CT molecular complexity index is 176. The molecule has 0 bridgehead atoms. The molecule has 0 aromatic heterocycles. The highest BCUT2D eigenvalue weighted by Crippen LogP contribution is 2.29. The summed E-state index contributed by atoms with van der Waals surface area (Å²) in [7, 11) is 0. The molecule has 0 aliphatic carbocycles. The Morgan fingerprint density at radius 1 is 1.25 bits per heavy atom. The number of hydrogen-bond acceptors (Lipinski definition) is 2. The van der Waals surface area contributed by atoms with Gasteiger partial charge in [0, 0.05) is 25.8 Å². The predicted octanol–water partition coefficient (Wildman–Crippen LogP) is 3.36. The van der Waals surface area contributed by atoms with Crippen molar-refractivity contribution in [2.75, 3.05) is 19.8 Å². The Kier molecular flexibility index (Phi) is 6.37. The zero-order valence-electron chi connectivity index (χ0n) is 11.3. The quantitative estimate of drug-likeness (QED) is 0.720. The van der Waals surface area contributed by atoms with Crippen molar-refractivity contribution < 1.29 is 4.74 Å². The van der Waals surface area contributed by atoms with Crippen LogP contribution >= 0.6 is 0 Å². The van der Waals surface area contributed by atoms with Crippen LogP contribution in [0, 0.1) is 5.41 Å². The van der Waals surface area contributed by atoms with E-state index in [0.29, 0.717) is 5.41 Å². The molecule has 1 aliphatic heterocycles. The summed E-state index contributed by atoms with van der Waals surface area (Å²) in [5.41, 5.74) is 0.470. The van der Waals surface area contributed by atoms with E-state index in [1.54, 1.807) is 0 Å². The van der Waals surface area contributed by atoms with Gasteiger partial charge in [0.1, 0.15) is 0 Å². The highest BCUT2D eigenvalue weighted by molar-refractivity contribution is 4.81. The zero-order chi connectivity index (χ0) is 11.9. The topological polar surface area (TPSA) is 21.3 Å². The van der Waals surface area contributed by atoms with Crippen molar-refractivity contribution in [1.29, 1.82) is 0 Å². The predicted molar refractivity (Wildman–Crippen MR) is 69.8 cm³/mol. The van der Waals surface area contributed by atoms with E-state index in [0.717, 1.165) is 19.3 Å². The van der Waals surface area contributed by atoms with Gasteiger partial charge in [0.05, 0.1) is 0 Å². The van der Waals surface area contributed by atoms with Crippen LogP contribution in [0.15, 0.2) is 0 Å². The first-order valence-corrected chi connectivity index (χ1v) is 7.01. The molecule has 0 aromatic rings. The molecule has 1 heterocycles. The fourth-order valence-electron chi connectivity index (χ4n) is 2.33. The zero-order valence-corrected chi connectivity index (χ0v) is 11.3. The lowest BCUT2D eigenvalue weighted by Gasteiger charge is -2.35. The first-order chi connectivity index (χ1) is 7.70. The summed E-state index contributed by atoms with van der Waals surface area (Å²) in [4.78, 5) is 0.